The smallest absolute Gasteiger partial charge is 0.237 e. The fourth-order valence-corrected chi connectivity index (χ4v) is 3.61. The van der Waals surface area contributed by atoms with Crippen molar-refractivity contribution in [2.24, 2.45) is 0 Å². The molecule has 6 heteroatoms. The Balaban J connectivity index is 1.42. The zero-order valence-electron chi connectivity index (χ0n) is 15.2. The van der Waals surface area contributed by atoms with E-state index >= 15 is 0 Å². The van der Waals surface area contributed by atoms with Crippen LogP contribution in [0.2, 0.25) is 0 Å². The van der Waals surface area contributed by atoms with Crippen molar-refractivity contribution in [3.05, 3.63) is 30.1 Å². The van der Waals surface area contributed by atoms with Gasteiger partial charge in [-0.05, 0) is 45.1 Å². The largest absolute Gasteiger partial charge is 0.374 e. The summed E-state index contributed by atoms with van der Waals surface area (Å²) >= 11 is 0. The third-order valence-electron chi connectivity index (χ3n) is 5.18. The summed E-state index contributed by atoms with van der Waals surface area (Å²) in [6.07, 6.45) is 12.1. The molecular weight excluding hydrogens is 316 g/mol. The molecule has 1 aromatic rings. The fraction of sp³-hybridized carbons (Fsp3) is 0.684. The molecule has 1 aliphatic carbocycles. The van der Waals surface area contributed by atoms with Gasteiger partial charge in [0.1, 0.15) is 0 Å². The number of rotatable bonds is 7. The van der Waals surface area contributed by atoms with Crippen LogP contribution in [-0.2, 0) is 16.1 Å². The number of nitrogens with zero attached hydrogens (tertiary/aromatic N) is 3. The standard InChI is InChI=1S/C19H30N4O2/c1-16(19(24)20-10-8-17-6-3-2-4-7-17)22-12-13-25-18(14-22)15-23-11-5-9-21-23/h5-6,9,11,16,18H,2-4,7-8,10,12-15H2,1H3,(H,20,24)/t16-,18+/m0/s1. The molecule has 2 aliphatic rings. The monoisotopic (exact) mass is 346 g/mol. The molecule has 2 atom stereocenters. The number of morpholine rings is 1. The van der Waals surface area contributed by atoms with Crippen LogP contribution in [0.5, 0.6) is 0 Å². The van der Waals surface area contributed by atoms with Crippen LogP contribution in [0.25, 0.3) is 0 Å². The van der Waals surface area contributed by atoms with Gasteiger partial charge in [0.05, 0.1) is 25.3 Å². The Morgan fingerprint density at radius 2 is 2.40 bits per heavy atom. The minimum absolute atomic E-state index is 0.0799. The Morgan fingerprint density at radius 1 is 1.48 bits per heavy atom. The summed E-state index contributed by atoms with van der Waals surface area (Å²) in [5.41, 5.74) is 1.50. The molecule has 1 amide bonds. The van der Waals surface area contributed by atoms with Gasteiger partial charge in [0, 0.05) is 32.0 Å². The van der Waals surface area contributed by atoms with Crippen molar-refractivity contribution in [3.8, 4) is 0 Å². The Bertz CT molecular complexity index is 570. The van der Waals surface area contributed by atoms with Crippen molar-refractivity contribution in [2.75, 3.05) is 26.2 Å². The SMILES string of the molecule is C[C@@H](C(=O)NCCC1=CCCCC1)N1CCO[C@@H](Cn2cccn2)C1. The molecule has 1 saturated heterocycles. The second-order valence-electron chi connectivity index (χ2n) is 7.04. The zero-order chi connectivity index (χ0) is 17.5. The maximum Gasteiger partial charge on any atom is 0.237 e. The van der Waals surface area contributed by atoms with E-state index in [0.29, 0.717) is 6.61 Å². The average molecular weight is 346 g/mol. The van der Waals surface area contributed by atoms with E-state index in [0.717, 1.165) is 32.6 Å². The number of allylic oxidation sites excluding steroid dienone is 1. The van der Waals surface area contributed by atoms with E-state index < -0.39 is 0 Å². The first-order valence-electron chi connectivity index (χ1n) is 9.51. The maximum absolute atomic E-state index is 12.5. The molecule has 1 aliphatic heterocycles. The molecule has 0 unspecified atom stereocenters. The highest BCUT2D eigenvalue weighted by molar-refractivity contribution is 5.81. The number of carbonyl (C=O) groups is 1. The first-order valence-corrected chi connectivity index (χ1v) is 9.51. The van der Waals surface area contributed by atoms with Crippen molar-refractivity contribution in [3.63, 3.8) is 0 Å². The predicted octanol–water partition coefficient (Wildman–Crippen LogP) is 1.98. The molecule has 0 bridgehead atoms. The van der Waals surface area contributed by atoms with Gasteiger partial charge in [-0.1, -0.05) is 11.6 Å². The molecular formula is C19H30N4O2. The first-order chi connectivity index (χ1) is 12.2. The van der Waals surface area contributed by atoms with Gasteiger partial charge in [-0.25, -0.2) is 0 Å². The first kappa shape index (κ1) is 18.1. The third-order valence-corrected chi connectivity index (χ3v) is 5.18. The lowest BCUT2D eigenvalue weighted by atomic mass is 9.97. The van der Waals surface area contributed by atoms with Crippen LogP contribution in [0.1, 0.15) is 39.0 Å². The van der Waals surface area contributed by atoms with E-state index in [1.807, 2.05) is 23.9 Å². The second-order valence-corrected chi connectivity index (χ2v) is 7.04. The van der Waals surface area contributed by atoms with Crippen LogP contribution in [0.4, 0.5) is 0 Å². The molecule has 0 aromatic carbocycles. The van der Waals surface area contributed by atoms with Gasteiger partial charge in [-0.15, -0.1) is 0 Å². The van der Waals surface area contributed by atoms with Crippen LogP contribution >= 0.6 is 0 Å². The normalized spacial score (nSPS) is 23.1. The summed E-state index contributed by atoms with van der Waals surface area (Å²) in [4.78, 5) is 14.7. The fourth-order valence-electron chi connectivity index (χ4n) is 3.61. The summed E-state index contributed by atoms with van der Waals surface area (Å²) in [6, 6.07) is 1.79. The van der Waals surface area contributed by atoms with Gasteiger partial charge >= 0.3 is 0 Å². The quantitative estimate of drug-likeness (QED) is 0.767. The van der Waals surface area contributed by atoms with E-state index in [1.165, 1.54) is 31.3 Å². The Labute approximate surface area is 150 Å². The number of hydrogen-bond acceptors (Lipinski definition) is 4. The average Bonchev–Trinajstić information content (AvgIpc) is 3.15. The van der Waals surface area contributed by atoms with Crippen LogP contribution in [0.3, 0.4) is 0 Å². The molecule has 6 nitrogen and oxygen atoms in total. The van der Waals surface area contributed by atoms with Crippen LogP contribution < -0.4 is 5.32 Å². The van der Waals surface area contributed by atoms with Crippen molar-refractivity contribution in [1.82, 2.24) is 20.0 Å². The third kappa shape index (κ3) is 5.41. The zero-order valence-corrected chi connectivity index (χ0v) is 15.2. The summed E-state index contributed by atoms with van der Waals surface area (Å²) in [5, 5.41) is 7.34. The number of ether oxygens (including phenoxy) is 1. The summed E-state index contributed by atoms with van der Waals surface area (Å²) in [5.74, 6) is 0.121. The van der Waals surface area contributed by atoms with Crippen LogP contribution in [0, 0.1) is 0 Å². The number of nitrogens with one attached hydrogen (secondary N) is 1. The van der Waals surface area contributed by atoms with E-state index in [1.54, 1.807) is 6.20 Å². The molecule has 2 heterocycles. The molecule has 0 radical (unpaired) electrons. The number of aromatic nitrogens is 2. The number of carbonyl (C=O) groups excluding carboxylic acids is 1. The molecule has 25 heavy (non-hydrogen) atoms. The van der Waals surface area contributed by atoms with Crippen molar-refractivity contribution in [1.29, 1.82) is 0 Å². The molecule has 0 saturated carbocycles. The molecule has 1 N–H and O–H groups in total. The minimum atomic E-state index is -0.121. The second kappa shape index (κ2) is 9.15. The van der Waals surface area contributed by atoms with Crippen molar-refractivity contribution >= 4 is 5.91 Å². The van der Waals surface area contributed by atoms with E-state index in [2.05, 4.69) is 21.4 Å². The van der Waals surface area contributed by atoms with E-state index in [9.17, 15) is 4.79 Å². The van der Waals surface area contributed by atoms with Gasteiger partial charge in [0.25, 0.3) is 0 Å². The van der Waals surface area contributed by atoms with Gasteiger partial charge in [0.2, 0.25) is 5.91 Å². The lowest BCUT2D eigenvalue weighted by molar-refractivity contribution is -0.129. The van der Waals surface area contributed by atoms with E-state index in [4.69, 9.17) is 4.74 Å². The number of amides is 1. The minimum Gasteiger partial charge on any atom is -0.374 e. The summed E-state index contributed by atoms with van der Waals surface area (Å²) < 4.78 is 7.72. The van der Waals surface area contributed by atoms with Crippen molar-refractivity contribution < 1.29 is 9.53 Å². The Hall–Kier alpha value is -1.66. The lowest BCUT2D eigenvalue weighted by Gasteiger charge is -2.36. The highest BCUT2D eigenvalue weighted by Crippen LogP contribution is 2.19. The Kier molecular flexibility index (Phi) is 6.64. The highest BCUT2D eigenvalue weighted by atomic mass is 16.5. The van der Waals surface area contributed by atoms with Gasteiger partial charge in [-0.3, -0.25) is 14.4 Å². The van der Waals surface area contributed by atoms with Gasteiger partial charge in [0.15, 0.2) is 0 Å². The number of hydrogen-bond donors (Lipinski definition) is 1. The highest BCUT2D eigenvalue weighted by Gasteiger charge is 2.28. The molecule has 0 spiro atoms. The molecule has 1 fully saturated rings. The lowest BCUT2D eigenvalue weighted by Crippen LogP contribution is -2.53. The van der Waals surface area contributed by atoms with Gasteiger partial charge in [-0.2, -0.15) is 5.10 Å². The van der Waals surface area contributed by atoms with Crippen molar-refractivity contribution in [2.45, 2.75) is 57.7 Å². The topological polar surface area (TPSA) is 59.4 Å². The molecule has 138 valence electrons. The molecule has 3 rings (SSSR count). The van der Waals surface area contributed by atoms with E-state index in [-0.39, 0.29) is 18.1 Å². The summed E-state index contributed by atoms with van der Waals surface area (Å²) in [7, 11) is 0. The van der Waals surface area contributed by atoms with Crippen LogP contribution in [-0.4, -0.2) is 59.0 Å². The van der Waals surface area contributed by atoms with Crippen LogP contribution in [0.15, 0.2) is 30.1 Å². The maximum atomic E-state index is 12.5. The predicted molar refractivity (Wildman–Crippen MR) is 97.2 cm³/mol. The Morgan fingerprint density at radius 3 is 3.16 bits per heavy atom. The summed E-state index contributed by atoms with van der Waals surface area (Å²) in [6.45, 7) is 5.69. The van der Waals surface area contributed by atoms with Gasteiger partial charge < -0.3 is 10.1 Å². The molecule has 1 aromatic heterocycles.